The molecule has 7 heteroatoms. The summed E-state index contributed by atoms with van der Waals surface area (Å²) in [5.41, 5.74) is 1.80. The molecule has 1 aromatic heterocycles. The van der Waals surface area contributed by atoms with Crippen molar-refractivity contribution < 1.29 is 18.8 Å². The lowest BCUT2D eigenvalue weighted by Gasteiger charge is -2.33. The zero-order valence-corrected chi connectivity index (χ0v) is 17.4. The molecule has 0 radical (unpaired) electrons. The third-order valence-electron chi connectivity index (χ3n) is 4.73. The van der Waals surface area contributed by atoms with E-state index in [1.807, 2.05) is 56.0 Å². The molecule has 0 aliphatic carbocycles. The lowest BCUT2D eigenvalue weighted by molar-refractivity contribution is -0.127. The number of aryl methyl sites for hydroxylation is 1. The normalized spacial score (nSPS) is 15.1. The first-order valence-electron chi connectivity index (χ1n) is 10.1. The van der Waals surface area contributed by atoms with E-state index >= 15 is 0 Å². The number of amides is 1. The van der Waals surface area contributed by atoms with Gasteiger partial charge >= 0.3 is 0 Å². The van der Waals surface area contributed by atoms with Gasteiger partial charge in [0.2, 0.25) is 5.91 Å². The van der Waals surface area contributed by atoms with Gasteiger partial charge in [0, 0.05) is 38.3 Å². The molecule has 156 valence electrons. The SMILES string of the molecule is CCOc1ccc(/C=C/C(=O)N2CCN(Cc3cc(C)no3)CC2)cc1OCC. The summed E-state index contributed by atoms with van der Waals surface area (Å²) < 4.78 is 16.5. The maximum atomic E-state index is 12.6. The third kappa shape index (κ3) is 5.84. The van der Waals surface area contributed by atoms with Gasteiger partial charge in [-0.05, 0) is 44.5 Å². The smallest absolute Gasteiger partial charge is 0.246 e. The van der Waals surface area contributed by atoms with Crippen LogP contribution in [0.25, 0.3) is 6.08 Å². The Kier molecular flexibility index (Phi) is 7.30. The van der Waals surface area contributed by atoms with Gasteiger partial charge < -0.3 is 18.9 Å². The molecule has 0 spiro atoms. The van der Waals surface area contributed by atoms with Crippen molar-refractivity contribution in [2.24, 2.45) is 0 Å². The summed E-state index contributed by atoms with van der Waals surface area (Å²) in [4.78, 5) is 16.7. The maximum absolute atomic E-state index is 12.6. The number of rotatable bonds is 8. The monoisotopic (exact) mass is 399 g/mol. The molecule has 3 rings (SSSR count). The van der Waals surface area contributed by atoms with Gasteiger partial charge in [0.05, 0.1) is 25.5 Å². The highest BCUT2D eigenvalue weighted by Crippen LogP contribution is 2.29. The summed E-state index contributed by atoms with van der Waals surface area (Å²) in [6.07, 6.45) is 3.45. The molecule has 1 fully saturated rings. The second-order valence-corrected chi connectivity index (χ2v) is 6.94. The van der Waals surface area contributed by atoms with Crippen molar-refractivity contribution in [2.45, 2.75) is 27.3 Å². The summed E-state index contributed by atoms with van der Waals surface area (Å²) in [6.45, 7) is 10.7. The highest BCUT2D eigenvalue weighted by molar-refractivity contribution is 5.92. The number of hydrogen-bond donors (Lipinski definition) is 0. The molecule has 0 bridgehead atoms. The first-order valence-corrected chi connectivity index (χ1v) is 10.1. The number of nitrogens with zero attached hydrogens (tertiary/aromatic N) is 3. The van der Waals surface area contributed by atoms with E-state index < -0.39 is 0 Å². The van der Waals surface area contributed by atoms with Gasteiger partial charge in [0.1, 0.15) is 0 Å². The highest BCUT2D eigenvalue weighted by Gasteiger charge is 2.20. The minimum absolute atomic E-state index is 0.0204. The van der Waals surface area contributed by atoms with Crippen molar-refractivity contribution in [3.8, 4) is 11.5 Å². The van der Waals surface area contributed by atoms with Gasteiger partial charge in [0.25, 0.3) is 0 Å². The summed E-state index contributed by atoms with van der Waals surface area (Å²) in [6, 6.07) is 7.65. The van der Waals surface area contributed by atoms with E-state index in [-0.39, 0.29) is 5.91 Å². The number of hydrogen-bond acceptors (Lipinski definition) is 6. The van der Waals surface area contributed by atoms with Gasteiger partial charge in [-0.2, -0.15) is 0 Å². The van der Waals surface area contributed by atoms with Crippen molar-refractivity contribution in [3.63, 3.8) is 0 Å². The Hall–Kier alpha value is -2.80. The van der Waals surface area contributed by atoms with Crippen LogP contribution in [-0.4, -0.2) is 60.3 Å². The predicted octanol–water partition coefficient (Wildman–Crippen LogP) is 3.14. The molecule has 1 aliphatic heterocycles. The number of carbonyl (C=O) groups excluding carboxylic acids is 1. The molecule has 0 N–H and O–H groups in total. The number of ether oxygens (including phenoxy) is 2. The van der Waals surface area contributed by atoms with Gasteiger partial charge in [-0.25, -0.2) is 0 Å². The standard InChI is InChI=1S/C22H29N3O4/c1-4-27-20-8-6-18(15-21(20)28-5-2)7-9-22(26)25-12-10-24(11-13-25)16-19-14-17(3)23-29-19/h6-9,14-15H,4-5,10-13,16H2,1-3H3/b9-7+. The summed E-state index contributed by atoms with van der Waals surface area (Å²) in [5, 5.41) is 3.92. The molecule has 7 nitrogen and oxygen atoms in total. The second kappa shape index (κ2) is 10.1. The Bertz CT molecular complexity index is 838. The average Bonchev–Trinajstić information content (AvgIpc) is 3.13. The van der Waals surface area contributed by atoms with Crippen molar-refractivity contribution in [2.75, 3.05) is 39.4 Å². The van der Waals surface area contributed by atoms with E-state index in [1.54, 1.807) is 6.08 Å². The van der Waals surface area contributed by atoms with E-state index in [9.17, 15) is 4.79 Å². The highest BCUT2D eigenvalue weighted by atomic mass is 16.5. The van der Waals surface area contributed by atoms with Crippen LogP contribution in [0.2, 0.25) is 0 Å². The molecule has 29 heavy (non-hydrogen) atoms. The zero-order chi connectivity index (χ0) is 20.6. The Labute approximate surface area is 171 Å². The van der Waals surface area contributed by atoms with Gasteiger partial charge in [0.15, 0.2) is 17.3 Å². The van der Waals surface area contributed by atoms with Crippen molar-refractivity contribution >= 4 is 12.0 Å². The fourth-order valence-corrected chi connectivity index (χ4v) is 3.28. The lowest BCUT2D eigenvalue weighted by Crippen LogP contribution is -2.47. The zero-order valence-electron chi connectivity index (χ0n) is 17.4. The molecule has 0 atom stereocenters. The average molecular weight is 399 g/mol. The van der Waals surface area contributed by atoms with Gasteiger partial charge in [-0.3, -0.25) is 9.69 Å². The van der Waals surface area contributed by atoms with Crippen LogP contribution in [0.15, 0.2) is 34.9 Å². The van der Waals surface area contributed by atoms with E-state index in [0.29, 0.717) is 32.1 Å². The lowest BCUT2D eigenvalue weighted by atomic mass is 10.1. The predicted molar refractivity (Wildman–Crippen MR) is 111 cm³/mol. The minimum atomic E-state index is 0.0204. The molecular weight excluding hydrogens is 370 g/mol. The fourth-order valence-electron chi connectivity index (χ4n) is 3.28. The van der Waals surface area contributed by atoms with Crippen LogP contribution in [0.3, 0.4) is 0 Å². The Morgan fingerprint density at radius 2 is 1.83 bits per heavy atom. The Morgan fingerprint density at radius 3 is 2.48 bits per heavy atom. The number of carbonyl (C=O) groups is 1. The van der Waals surface area contributed by atoms with Crippen molar-refractivity contribution in [3.05, 3.63) is 47.4 Å². The number of benzene rings is 1. The van der Waals surface area contributed by atoms with Crippen LogP contribution in [0, 0.1) is 6.92 Å². The molecular formula is C22H29N3O4. The van der Waals surface area contributed by atoms with E-state index in [0.717, 1.165) is 42.4 Å². The molecule has 0 unspecified atom stereocenters. The van der Waals surface area contributed by atoms with Crippen LogP contribution in [0.4, 0.5) is 0 Å². The first kappa shape index (κ1) is 20.9. The summed E-state index contributed by atoms with van der Waals surface area (Å²) >= 11 is 0. The molecule has 1 aromatic carbocycles. The van der Waals surface area contributed by atoms with Crippen LogP contribution in [0.5, 0.6) is 11.5 Å². The summed E-state index contributed by atoms with van der Waals surface area (Å²) in [5.74, 6) is 2.30. The molecule has 1 saturated heterocycles. The number of piperazine rings is 1. The largest absolute Gasteiger partial charge is 0.490 e. The van der Waals surface area contributed by atoms with E-state index in [4.69, 9.17) is 14.0 Å². The van der Waals surface area contributed by atoms with Crippen LogP contribution < -0.4 is 9.47 Å². The fraction of sp³-hybridized carbons (Fsp3) is 0.455. The number of aromatic nitrogens is 1. The van der Waals surface area contributed by atoms with Crippen LogP contribution >= 0.6 is 0 Å². The second-order valence-electron chi connectivity index (χ2n) is 6.94. The molecule has 2 heterocycles. The van der Waals surface area contributed by atoms with Crippen molar-refractivity contribution in [1.29, 1.82) is 0 Å². The molecule has 1 amide bonds. The van der Waals surface area contributed by atoms with Gasteiger partial charge in [-0.15, -0.1) is 0 Å². The van der Waals surface area contributed by atoms with Crippen LogP contribution in [0.1, 0.15) is 30.9 Å². The molecule has 1 aliphatic rings. The third-order valence-corrected chi connectivity index (χ3v) is 4.73. The summed E-state index contributed by atoms with van der Waals surface area (Å²) in [7, 11) is 0. The molecule has 0 saturated carbocycles. The van der Waals surface area contributed by atoms with E-state index in [2.05, 4.69) is 10.1 Å². The van der Waals surface area contributed by atoms with Crippen LogP contribution in [-0.2, 0) is 11.3 Å². The first-order chi connectivity index (χ1) is 14.1. The minimum Gasteiger partial charge on any atom is -0.490 e. The molecule has 2 aromatic rings. The Balaban J connectivity index is 1.53. The topological polar surface area (TPSA) is 68.0 Å². The van der Waals surface area contributed by atoms with Gasteiger partial charge in [-0.1, -0.05) is 11.2 Å². The van der Waals surface area contributed by atoms with E-state index in [1.165, 1.54) is 0 Å². The maximum Gasteiger partial charge on any atom is 0.246 e. The van der Waals surface area contributed by atoms with Crippen molar-refractivity contribution in [1.82, 2.24) is 15.0 Å². The quantitative estimate of drug-likeness (QED) is 0.636. The Morgan fingerprint density at radius 1 is 1.10 bits per heavy atom.